The monoisotopic (exact) mass is 214 g/mol. The number of likely N-dealkylation sites (N-methyl/N-ethyl adjacent to an activating group) is 1. The first-order valence-corrected chi connectivity index (χ1v) is 5.44. The van der Waals surface area contributed by atoms with E-state index in [1.165, 1.54) is 0 Å². The first kappa shape index (κ1) is 12.3. The van der Waals surface area contributed by atoms with Crippen molar-refractivity contribution in [1.82, 2.24) is 9.80 Å². The molecule has 4 nitrogen and oxygen atoms in total. The number of hydrogen-bond donors (Lipinski definition) is 0. The highest BCUT2D eigenvalue weighted by atomic mass is 16.6. The van der Waals surface area contributed by atoms with Crippen LogP contribution in [0.4, 0.5) is 4.79 Å². The van der Waals surface area contributed by atoms with Crippen LogP contribution in [0.1, 0.15) is 27.2 Å². The van der Waals surface area contributed by atoms with Crippen molar-refractivity contribution in [1.29, 1.82) is 0 Å². The Bertz CT molecular complexity index is 233. The molecule has 4 heteroatoms. The van der Waals surface area contributed by atoms with Crippen molar-refractivity contribution in [2.24, 2.45) is 0 Å². The van der Waals surface area contributed by atoms with Gasteiger partial charge in [0.15, 0.2) is 0 Å². The summed E-state index contributed by atoms with van der Waals surface area (Å²) < 4.78 is 5.32. The third-order valence-corrected chi connectivity index (χ3v) is 2.35. The second kappa shape index (κ2) is 4.39. The van der Waals surface area contributed by atoms with Crippen LogP contribution in [0.5, 0.6) is 0 Å². The van der Waals surface area contributed by atoms with Gasteiger partial charge in [0.05, 0.1) is 0 Å². The average Bonchev–Trinajstić information content (AvgIpc) is 1.93. The highest BCUT2D eigenvalue weighted by Crippen LogP contribution is 2.21. The van der Waals surface area contributed by atoms with E-state index >= 15 is 0 Å². The zero-order valence-electron chi connectivity index (χ0n) is 10.4. The van der Waals surface area contributed by atoms with E-state index in [0.717, 1.165) is 19.5 Å². The molecule has 1 fully saturated rings. The van der Waals surface area contributed by atoms with Gasteiger partial charge in [0.1, 0.15) is 5.60 Å². The molecule has 15 heavy (non-hydrogen) atoms. The number of amides is 1. The second-order valence-electron chi connectivity index (χ2n) is 5.38. The Morgan fingerprint density at radius 3 is 2.40 bits per heavy atom. The lowest BCUT2D eigenvalue weighted by Gasteiger charge is -2.42. The molecule has 0 aliphatic carbocycles. The number of hydrogen-bond acceptors (Lipinski definition) is 3. The third kappa shape index (κ3) is 3.70. The maximum Gasteiger partial charge on any atom is 0.410 e. The van der Waals surface area contributed by atoms with Crippen LogP contribution in [-0.2, 0) is 4.74 Å². The first-order chi connectivity index (χ1) is 6.79. The molecular formula is C11H22N2O2. The molecule has 0 aromatic heterocycles. The molecule has 1 aliphatic rings. The van der Waals surface area contributed by atoms with E-state index in [2.05, 4.69) is 4.90 Å². The molecule has 0 aromatic rings. The van der Waals surface area contributed by atoms with Crippen molar-refractivity contribution < 1.29 is 9.53 Å². The van der Waals surface area contributed by atoms with E-state index < -0.39 is 5.60 Å². The summed E-state index contributed by atoms with van der Waals surface area (Å²) in [4.78, 5) is 15.6. The van der Waals surface area contributed by atoms with Crippen molar-refractivity contribution in [3.8, 4) is 0 Å². The fourth-order valence-electron chi connectivity index (χ4n) is 1.61. The molecule has 88 valence electrons. The van der Waals surface area contributed by atoms with Crippen molar-refractivity contribution >= 4 is 6.09 Å². The van der Waals surface area contributed by atoms with Crippen molar-refractivity contribution in [2.75, 3.05) is 27.2 Å². The zero-order chi connectivity index (χ0) is 11.6. The second-order valence-corrected chi connectivity index (χ2v) is 5.38. The van der Waals surface area contributed by atoms with E-state index in [1.807, 2.05) is 39.8 Å². The predicted octanol–water partition coefficient (Wildman–Crippen LogP) is 1.56. The number of ether oxygens (including phenoxy) is 1. The quantitative estimate of drug-likeness (QED) is 0.699. The molecule has 0 spiro atoms. The van der Waals surface area contributed by atoms with Crippen molar-refractivity contribution in [3.63, 3.8) is 0 Å². The Labute approximate surface area is 92.2 Å². The SMILES string of the molecule is CN(C)CC1CCN1C(=O)OC(C)(C)C. The van der Waals surface area contributed by atoms with Gasteiger partial charge in [0.25, 0.3) is 0 Å². The summed E-state index contributed by atoms with van der Waals surface area (Å²) in [7, 11) is 4.04. The van der Waals surface area contributed by atoms with Gasteiger partial charge in [-0.1, -0.05) is 0 Å². The van der Waals surface area contributed by atoms with Crippen LogP contribution in [0.2, 0.25) is 0 Å². The van der Waals surface area contributed by atoms with Gasteiger partial charge in [-0.3, -0.25) is 0 Å². The Morgan fingerprint density at radius 2 is 2.07 bits per heavy atom. The standard InChI is InChI=1S/C11H22N2O2/c1-11(2,3)15-10(14)13-7-6-9(13)8-12(4)5/h9H,6-8H2,1-5H3. The predicted molar refractivity (Wildman–Crippen MR) is 59.9 cm³/mol. The maximum absolute atomic E-state index is 11.7. The van der Waals surface area contributed by atoms with Crippen molar-refractivity contribution in [3.05, 3.63) is 0 Å². The molecular weight excluding hydrogens is 192 g/mol. The minimum Gasteiger partial charge on any atom is -0.444 e. The molecule has 1 atom stereocenters. The highest BCUT2D eigenvalue weighted by molar-refractivity contribution is 5.69. The fraction of sp³-hybridized carbons (Fsp3) is 0.909. The van der Waals surface area contributed by atoms with Crippen molar-refractivity contribution in [2.45, 2.75) is 38.8 Å². The molecule has 0 saturated carbocycles. The zero-order valence-corrected chi connectivity index (χ0v) is 10.4. The van der Waals surface area contributed by atoms with Gasteiger partial charge in [-0.05, 0) is 41.3 Å². The smallest absolute Gasteiger partial charge is 0.410 e. The Morgan fingerprint density at radius 1 is 1.47 bits per heavy atom. The minimum absolute atomic E-state index is 0.180. The number of likely N-dealkylation sites (tertiary alicyclic amines) is 1. The van der Waals surface area contributed by atoms with E-state index in [1.54, 1.807) is 0 Å². The minimum atomic E-state index is -0.394. The molecule has 0 bridgehead atoms. The summed E-state index contributed by atoms with van der Waals surface area (Å²) in [5.74, 6) is 0. The molecule has 0 N–H and O–H groups in total. The normalized spacial score (nSPS) is 21.5. The van der Waals surface area contributed by atoms with Crippen LogP contribution >= 0.6 is 0 Å². The Hall–Kier alpha value is -0.770. The molecule has 1 aliphatic heterocycles. The van der Waals surface area contributed by atoms with Gasteiger partial charge >= 0.3 is 6.09 Å². The van der Waals surface area contributed by atoms with Crippen LogP contribution in [0.3, 0.4) is 0 Å². The van der Waals surface area contributed by atoms with Gasteiger partial charge in [-0.15, -0.1) is 0 Å². The number of carbonyl (C=O) groups excluding carboxylic acids is 1. The van der Waals surface area contributed by atoms with Crippen LogP contribution in [0.25, 0.3) is 0 Å². The third-order valence-electron chi connectivity index (χ3n) is 2.35. The molecule has 1 saturated heterocycles. The largest absolute Gasteiger partial charge is 0.444 e. The van der Waals surface area contributed by atoms with Gasteiger partial charge in [0.2, 0.25) is 0 Å². The molecule has 0 radical (unpaired) electrons. The molecule has 1 heterocycles. The lowest BCUT2D eigenvalue weighted by Crippen LogP contribution is -2.56. The highest BCUT2D eigenvalue weighted by Gasteiger charge is 2.35. The summed E-state index contributed by atoms with van der Waals surface area (Å²) in [5.41, 5.74) is -0.394. The van der Waals surface area contributed by atoms with E-state index in [0.29, 0.717) is 6.04 Å². The average molecular weight is 214 g/mol. The van der Waals surface area contributed by atoms with Gasteiger partial charge in [-0.25, -0.2) is 4.79 Å². The van der Waals surface area contributed by atoms with E-state index in [-0.39, 0.29) is 6.09 Å². The topological polar surface area (TPSA) is 32.8 Å². The number of rotatable bonds is 2. The summed E-state index contributed by atoms with van der Waals surface area (Å²) in [6.45, 7) is 7.43. The molecule has 1 unspecified atom stereocenters. The summed E-state index contributed by atoms with van der Waals surface area (Å²) in [5, 5.41) is 0. The summed E-state index contributed by atoms with van der Waals surface area (Å²) in [6, 6.07) is 0.329. The van der Waals surface area contributed by atoms with Crippen LogP contribution in [0.15, 0.2) is 0 Å². The Balaban J connectivity index is 2.41. The van der Waals surface area contributed by atoms with E-state index in [9.17, 15) is 4.79 Å². The van der Waals surface area contributed by atoms with Crippen LogP contribution in [-0.4, -0.2) is 54.7 Å². The summed E-state index contributed by atoms with van der Waals surface area (Å²) >= 11 is 0. The number of nitrogens with zero attached hydrogens (tertiary/aromatic N) is 2. The van der Waals surface area contributed by atoms with Crippen LogP contribution in [0, 0.1) is 0 Å². The lowest BCUT2D eigenvalue weighted by molar-refractivity contribution is -0.00930. The molecule has 0 aromatic carbocycles. The molecule has 1 rings (SSSR count). The maximum atomic E-state index is 11.7. The fourth-order valence-corrected chi connectivity index (χ4v) is 1.61. The lowest BCUT2D eigenvalue weighted by atomic mass is 10.0. The Kier molecular flexibility index (Phi) is 3.60. The molecule has 1 amide bonds. The van der Waals surface area contributed by atoms with Gasteiger partial charge in [-0.2, -0.15) is 0 Å². The van der Waals surface area contributed by atoms with E-state index in [4.69, 9.17) is 4.74 Å². The van der Waals surface area contributed by atoms with Gasteiger partial charge < -0.3 is 14.5 Å². The number of carbonyl (C=O) groups is 1. The van der Waals surface area contributed by atoms with Gasteiger partial charge in [0, 0.05) is 19.1 Å². The first-order valence-electron chi connectivity index (χ1n) is 5.44. The summed E-state index contributed by atoms with van der Waals surface area (Å²) in [6.07, 6.45) is 0.901. The van der Waals surface area contributed by atoms with Crippen LogP contribution < -0.4 is 0 Å².